The van der Waals surface area contributed by atoms with Crippen LogP contribution in [0.3, 0.4) is 0 Å². The van der Waals surface area contributed by atoms with Gasteiger partial charge in [0.05, 0.1) is 0 Å². The van der Waals surface area contributed by atoms with Crippen LogP contribution >= 0.6 is 22.9 Å². The summed E-state index contributed by atoms with van der Waals surface area (Å²) in [7, 11) is 0. The zero-order valence-electron chi connectivity index (χ0n) is 45.4. The third-order valence-corrected chi connectivity index (χ3v) is 14.3. The minimum atomic E-state index is -1.24. The maximum atomic E-state index is 14.1. The summed E-state index contributed by atoms with van der Waals surface area (Å²) < 4.78 is 23.3. The molecule has 1 aromatic heterocycles. The molecular formula is C58H76ClN5O11S. The Bertz CT molecular complexity index is 2650. The summed E-state index contributed by atoms with van der Waals surface area (Å²) in [4.78, 5) is 93.7. The highest BCUT2D eigenvalue weighted by Crippen LogP contribution is 2.44. The van der Waals surface area contributed by atoms with Gasteiger partial charge in [-0.15, -0.1) is 11.3 Å². The fourth-order valence-corrected chi connectivity index (χ4v) is 10.6. The van der Waals surface area contributed by atoms with Crippen molar-refractivity contribution in [3.63, 3.8) is 0 Å². The summed E-state index contributed by atoms with van der Waals surface area (Å²) in [5.74, 6) is -2.81. The first-order valence-electron chi connectivity index (χ1n) is 26.4. The molecule has 3 atom stereocenters. The lowest BCUT2D eigenvalue weighted by molar-refractivity contribution is -0.159. The number of unbranched alkanes of at least 4 members (excludes halogenated alkanes) is 1. The molecule has 16 nitrogen and oxygen atoms in total. The van der Waals surface area contributed by atoms with Crippen LogP contribution in [-0.4, -0.2) is 96.5 Å². The number of ether oxygens (including phenoxy) is 4. The Morgan fingerprint density at radius 3 is 1.84 bits per heavy atom. The summed E-state index contributed by atoms with van der Waals surface area (Å²) in [5.41, 5.74) is 2.96. The van der Waals surface area contributed by atoms with Crippen molar-refractivity contribution in [1.29, 1.82) is 0 Å². The van der Waals surface area contributed by atoms with E-state index in [4.69, 9.17) is 30.5 Å². The van der Waals surface area contributed by atoms with Crippen LogP contribution < -0.4 is 26.6 Å². The van der Waals surface area contributed by atoms with Crippen molar-refractivity contribution in [1.82, 2.24) is 26.6 Å². The smallest absolute Gasteiger partial charge is 0.407 e. The fourth-order valence-electron chi connectivity index (χ4n) is 9.50. The molecule has 412 valence electrons. The second-order valence-corrected chi connectivity index (χ2v) is 24.1. The topological polar surface area (TPSA) is 217 Å². The van der Waals surface area contributed by atoms with Gasteiger partial charge in [-0.05, 0) is 176 Å². The highest BCUT2D eigenvalue weighted by molar-refractivity contribution is 7.17. The molecule has 76 heavy (non-hydrogen) atoms. The highest BCUT2D eigenvalue weighted by atomic mass is 35.5. The van der Waals surface area contributed by atoms with Crippen LogP contribution in [0.4, 0.5) is 9.59 Å². The lowest BCUT2D eigenvalue weighted by atomic mass is 9.81. The number of nitrogens with one attached hydrogen (secondary N) is 5. The average Bonchev–Trinajstić information content (AvgIpc) is 3.89. The number of hydrogen-bond acceptors (Lipinski definition) is 12. The van der Waals surface area contributed by atoms with E-state index in [0.29, 0.717) is 50.1 Å². The van der Waals surface area contributed by atoms with Gasteiger partial charge in [0.1, 0.15) is 41.5 Å². The molecule has 1 fully saturated rings. The molecule has 0 spiro atoms. The maximum Gasteiger partial charge on any atom is 0.407 e. The molecule has 1 heterocycles. The molecule has 0 aliphatic heterocycles. The Balaban J connectivity index is 1.01. The molecule has 4 aromatic rings. The van der Waals surface area contributed by atoms with Crippen LogP contribution in [0.5, 0.6) is 0 Å². The molecule has 0 saturated heterocycles. The largest absolute Gasteiger partial charge is 0.460 e. The van der Waals surface area contributed by atoms with Gasteiger partial charge in [-0.3, -0.25) is 14.4 Å². The van der Waals surface area contributed by atoms with Crippen LogP contribution in [0.1, 0.15) is 143 Å². The minimum Gasteiger partial charge on any atom is -0.460 e. The summed E-state index contributed by atoms with van der Waals surface area (Å²) in [6.07, 6.45) is 2.95. The second-order valence-electron chi connectivity index (χ2n) is 22.8. The van der Waals surface area contributed by atoms with Crippen molar-refractivity contribution in [2.75, 3.05) is 19.7 Å². The van der Waals surface area contributed by atoms with Gasteiger partial charge >= 0.3 is 30.0 Å². The van der Waals surface area contributed by atoms with Gasteiger partial charge in [0.2, 0.25) is 11.8 Å². The molecule has 0 unspecified atom stereocenters. The van der Waals surface area contributed by atoms with E-state index in [0.717, 1.165) is 37.9 Å². The van der Waals surface area contributed by atoms with E-state index in [-0.39, 0.29) is 68.4 Å². The van der Waals surface area contributed by atoms with Gasteiger partial charge < -0.3 is 45.5 Å². The Morgan fingerprint density at radius 2 is 1.25 bits per heavy atom. The summed E-state index contributed by atoms with van der Waals surface area (Å²) in [5, 5.41) is 17.6. The first-order chi connectivity index (χ1) is 35.8. The monoisotopic (exact) mass is 1090 g/mol. The first kappa shape index (κ1) is 59.1. The quantitative estimate of drug-likeness (QED) is 0.0301. The standard InChI is InChI=1S/C58H76ClN5O11S/c1-56(2,3)73-49(65)28-26-46(53(69)75-58(7,8)9)64-54(70)63-45(52(68)74-57(4,5)6)20-14-15-29-60-51(67)47(30-37-34-76-48-27-25-38(59)31-43(37)48)62-50(66)36-23-21-35(22-24-36)32-61-55(71)72-33-44-41-18-12-10-16-39(41)40-17-11-13-19-42(40)44/h10-13,16-19,25,27,31,34-36,44-47H,14-15,20-24,26,28-30,32-33H2,1-9H3,(H,60,67)(H,61,71)(H,62,66)(H2,63,64,70)/t35?,36?,45-,46-,47+/m0/s1. The number of carbonyl (C=O) groups excluding carboxylic acids is 7. The van der Waals surface area contributed by atoms with Crippen LogP contribution in [-0.2, 0) is 49.3 Å². The van der Waals surface area contributed by atoms with E-state index < -0.39 is 65.0 Å². The van der Waals surface area contributed by atoms with E-state index in [9.17, 15) is 33.6 Å². The molecule has 6 rings (SSSR count). The number of carbonyl (C=O) groups is 7. The molecule has 5 N–H and O–H groups in total. The van der Waals surface area contributed by atoms with E-state index in [1.165, 1.54) is 11.3 Å². The number of benzene rings is 3. The predicted molar refractivity (Wildman–Crippen MR) is 294 cm³/mol. The molecule has 2 aliphatic carbocycles. The predicted octanol–water partition coefficient (Wildman–Crippen LogP) is 10.1. The zero-order valence-corrected chi connectivity index (χ0v) is 46.9. The van der Waals surface area contributed by atoms with Crippen LogP contribution in [0.2, 0.25) is 5.02 Å². The number of esters is 3. The normalized spacial score (nSPS) is 16.7. The van der Waals surface area contributed by atoms with Crippen molar-refractivity contribution in [2.45, 2.75) is 167 Å². The Kier molecular flexibility index (Phi) is 20.4. The van der Waals surface area contributed by atoms with Gasteiger partial charge in [0, 0.05) is 47.5 Å². The van der Waals surface area contributed by atoms with Gasteiger partial charge in [0.15, 0.2) is 0 Å². The molecule has 1 saturated carbocycles. The molecule has 0 radical (unpaired) electrons. The van der Waals surface area contributed by atoms with Crippen molar-refractivity contribution >= 4 is 74.9 Å². The Hall–Kier alpha value is -6.20. The lowest BCUT2D eigenvalue weighted by Gasteiger charge is -2.29. The van der Waals surface area contributed by atoms with Crippen molar-refractivity contribution < 1.29 is 52.5 Å². The molecule has 3 aromatic carbocycles. The molecule has 0 bridgehead atoms. The molecule has 5 amide bonds. The van der Waals surface area contributed by atoms with Crippen LogP contribution in [0.15, 0.2) is 72.1 Å². The molecule has 18 heteroatoms. The number of rotatable bonds is 21. The molecular weight excluding hydrogens is 1010 g/mol. The number of fused-ring (bicyclic) bond motifs is 4. The van der Waals surface area contributed by atoms with Crippen molar-refractivity contribution in [3.05, 3.63) is 93.8 Å². The van der Waals surface area contributed by atoms with Crippen LogP contribution in [0, 0.1) is 11.8 Å². The number of hydrogen-bond donors (Lipinski definition) is 5. The van der Waals surface area contributed by atoms with Gasteiger partial charge in [0.25, 0.3) is 0 Å². The lowest BCUT2D eigenvalue weighted by Crippen LogP contribution is -2.53. The summed E-state index contributed by atoms with van der Waals surface area (Å²) in [6.45, 7) is 16.2. The van der Waals surface area contributed by atoms with E-state index >= 15 is 0 Å². The maximum absolute atomic E-state index is 14.1. The number of thiophene rings is 1. The fraction of sp³-hybridized carbons (Fsp3) is 0.534. The van der Waals surface area contributed by atoms with Gasteiger partial charge in [-0.25, -0.2) is 19.2 Å². The second kappa shape index (κ2) is 26.2. The van der Waals surface area contributed by atoms with E-state index in [2.05, 4.69) is 50.8 Å². The van der Waals surface area contributed by atoms with E-state index in [1.54, 1.807) is 62.3 Å². The highest BCUT2D eigenvalue weighted by Gasteiger charge is 2.34. The summed E-state index contributed by atoms with van der Waals surface area (Å²) in [6, 6.07) is 17.9. The number of urea groups is 1. The average molecular weight is 1090 g/mol. The minimum absolute atomic E-state index is 0.0388. The number of alkyl carbamates (subject to hydrolysis) is 1. The SMILES string of the molecule is CC(C)(C)OC(=O)CC[C@H](NC(=O)N[C@@H](CCCCNC(=O)[C@@H](Cc1csc2ccc(Cl)cc12)NC(=O)C1CCC(CNC(=O)OCC2c3ccccc3-c3ccccc32)CC1)C(=O)OC(C)(C)C)C(=O)OC(C)(C)C. The number of halogens is 1. The Labute approximate surface area is 455 Å². The van der Waals surface area contributed by atoms with Crippen molar-refractivity contribution in [3.8, 4) is 11.1 Å². The zero-order chi connectivity index (χ0) is 55.4. The Morgan fingerprint density at radius 1 is 0.671 bits per heavy atom. The molecule has 2 aliphatic rings. The van der Waals surface area contributed by atoms with Gasteiger partial charge in [-0.2, -0.15) is 0 Å². The third-order valence-electron chi connectivity index (χ3n) is 13.0. The number of amides is 5. The van der Waals surface area contributed by atoms with Crippen molar-refractivity contribution in [2.24, 2.45) is 11.8 Å². The van der Waals surface area contributed by atoms with E-state index in [1.807, 2.05) is 47.8 Å². The van der Waals surface area contributed by atoms with Gasteiger partial charge in [-0.1, -0.05) is 60.1 Å². The summed E-state index contributed by atoms with van der Waals surface area (Å²) >= 11 is 7.92. The van der Waals surface area contributed by atoms with Crippen LogP contribution in [0.25, 0.3) is 21.2 Å². The first-order valence-corrected chi connectivity index (χ1v) is 27.7. The third kappa shape index (κ3) is 18.0.